The molecule has 6 heteroatoms. The molecule has 0 aliphatic heterocycles. The molecule has 1 atom stereocenters. The molecule has 118 valence electrons. The molecule has 1 unspecified atom stereocenters. The van der Waals surface area contributed by atoms with Crippen LogP contribution < -0.4 is 10.6 Å². The van der Waals surface area contributed by atoms with Crippen molar-refractivity contribution in [1.82, 2.24) is 10.6 Å². The van der Waals surface area contributed by atoms with Gasteiger partial charge in [-0.2, -0.15) is 13.2 Å². The van der Waals surface area contributed by atoms with Gasteiger partial charge in [-0.15, -0.1) is 0 Å². The van der Waals surface area contributed by atoms with Crippen molar-refractivity contribution in [3.8, 4) is 0 Å². The van der Waals surface area contributed by atoms with Gasteiger partial charge in [0.15, 0.2) is 0 Å². The molecule has 1 aromatic carbocycles. The first-order valence-corrected chi connectivity index (χ1v) is 7.01. The van der Waals surface area contributed by atoms with Gasteiger partial charge >= 0.3 is 6.18 Å². The summed E-state index contributed by atoms with van der Waals surface area (Å²) in [6.07, 6.45) is -3.07. The Morgan fingerprint density at radius 2 is 1.81 bits per heavy atom. The molecule has 0 radical (unpaired) electrons. The van der Waals surface area contributed by atoms with E-state index in [0.29, 0.717) is 19.5 Å². The zero-order valence-corrected chi connectivity index (χ0v) is 12.3. The van der Waals surface area contributed by atoms with Gasteiger partial charge in [-0.05, 0) is 31.0 Å². The van der Waals surface area contributed by atoms with E-state index >= 15 is 0 Å². The number of benzene rings is 1. The average Bonchev–Trinajstić information content (AvgIpc) is 2.44. The summed E-state index contributed by atoms with van der Waals surface area (Å²) in [5, 5.41) is 5.89. The molecule has 0 fully saturated rings. The van der Waals surface area contributed by atoms with E-state index < -0.39 is 11.7 Å². The maximum atomic E-state index is 12.5. The summed E-state index contributed by atoms with van der Waals surface area (Å²) >= 11 is 0. The Morgan fingerprint density at radius 3 is 2.33 bits per heavy atom. The molecule has 1 amide bonds. The quantitative estimate of drug-likeness (QED) is 0.811. The van der Waals surface area contributed by atoms with Crippen LogP contribution in [0.1, 0.15) is 43.9 Å². The number of alkyl halides is 3. The highest BCUT2D eigenvalue weighted by Gasteiger charge is 2.30. The van der Waals surface area contributed by atoms with E-state index in [0.717, 1.165) is 24.1 Å². The maximum Gasteiger partial charge on any atom is 0.416 e. The van der Waals surface area contributed by atoms with Gasteiger partial charge in [0.25, 0.3) is 0 Å². The van der Waals surface area contributed by atoms with Crippen molar-refractivity contribution in [2.45, 2.75) is 38.9 Å². The highest BCUT2D eigenvalue weighted by atomic mass is 19.4. The van der Waals surface area contributed by atoms with Crippen molar-refractivity contribution in [1.29, 1.82) is 0 Å². The van der Waals surface area contributed by atoms with Gasteiger partial charge in [0.05, 0.1) is 5.56 Å². The van der Waals surface area contributed by atoms with Crippen LogP contribution in [0, 0.1) is 0 Å². The van der Waals surface area contributed by atoms with E-state index in [-0.39, 0.29) is 11.9 Å². The summed E-state index contributed by atoms with van der Waals surface area (Å²) in [6, 6.07) is 4.95. The van der Waals surface area contributed by atoms with E-state index in [9.17, 15) is 18.0 Å². The zero-order chi connectivity index (χ0) is 15.9. The Morgan fingerprint density at radius 1 is 1.19 bits per heavy atom. The second-order valence-corrected chi connectivity index (χ2v) is 4.90. The molecular formula is C15H21F3N2O. The Balaban J connectivity index is 2.42. The summed E-state index contributed by atoms with van der Waals surface area (Å²) < 4.78 is 37.4. The first-order valence-electron chi connectivity index (χ1n) is 7.01. The summed E-state index contributed by atoms with van der Waals surface area (Å²) in [4.78, 5) is 11.4. The highest BCUT2D eigenvalue weighted by molar-refractivity contribution is 5.75. The van der Waals surface area contributed by atoms with Crippen LogP contribution in [0.3, 0.4) is 0 Å². The maximum absolute atomic E-state index is 12.5. The number of amides is 1. The van der Waals surface area contributed by atoms with Crippen LogP contribution in [0.2, 0.25) is 0 Å². The molecule has 0 bridgehead atoms. The average molecular weight is 302 g/mol. The van der Waals surface area contributed by atoms with Crippen LogP contribution in [0.4, 0.5) is 13.2 Å². The predicted molar refractivity (Wildman–Crippen MR) is 75.8 cm³/mol. The number of carbonyl (C=O) groups is 1. The number of halogens is 3. The second-order valence-electron chi connectivity index (χ2n) is 4.90. The molecule has 0 aliphatic rings. The molecule has 0 saturated carbocycles. The summed E-state index contributed by atoms with van der Waals surface area (Å²) in [5.41, 5.74) is 0.106. The van der Waals surface area contributed by atoms with Crippen molar-refractivity contribution in [3.05, 3.63) is 35.4 Å². The summed E-state index contributed by atoms with van der Waals surface area (Å²) in [6.45, 7) is 4.97. The third-order valence-corrected chi connectivity index (χ3v) is 3.11. The lowest BCUT2D eigenvalue weighted by Gasteiger charge is -2.15. The van der Waals surface area contributed by atoms with E-state index in [1.807, 2.05) is 13.8 Å². The number of nitrogens with one attached hydrogen (secondary N) is 2. The van der Waals surface area contributed by atoms with Crippen molar-refractivity contribution in [2.75, 3.05) is 13.1 Å². The first kappa shape index (κ1) is 17.5. The van der Waals surface area contributed by atoms with Gasteiger partial charge in [0.2, 0.25) is 5.91 Å². The van der Waals surface area contributed by atoms with Gasteiger partial charge in [-0.3, -0.25) is 4.79 Å². The molecule has 1 rings (SSSR count). The zero-order valence-electron chi connectivity index (χ0n) is 12.3. The molecule has 21 heavy (non-hydrogen) atoms. The lowest BCUT2D eigenvalue weighted by Crippen LogP contribution is -2.29. The first-order chi connectivity index (χ1) is 9.84. The van der Waals surface area contributed by atoms with Crippen LogP contribution in [-0.4, -0.2) is 19.0 Å². The van der Waals surface area contributed by atoms with Crippen LogP contribution >= 0.6 is 0 Å². The fourth-order valence-corrected chi connectivity index (χ4v) is 1.83. The minimum atomic E-state index is -4.31. The van der Waals surface area contributed by atoms with E-state index in [2.05, 4.69) is 10.6 Å². The molecular weight excluding hydrogens is 281 g/mol. The smallest absolute Gasteiger partial charge is 0.356 e. The molecule has 1 aromatic rings. The Labute approximate surface area is 122 Å². The van der Waals surface area contributed by atoms with Gasteiger partial charge in [0, 0.05) is 25.6 Å². The van der Waals surface area contributed by atoms with E-state index in [1.165, 1.54) is 12.1 Å². The fraction of sp³-hybridized carbons (Fsp3) is 0.533. The lowest BCUT2D eigenvalue weighted by atomic mass is 10.1. The third kappa shape index (κ3) is 6.16. The van der Waals surface area contributed by atoms with Crippen LogP contribution in [0.15, 0.2) is 24.3 Å². The SMILES string of the molecule is CCCNC(=O)CCNC(C)c1ccc(C(F)(F)F)cc1. The number of hydrogen-bond donors (Lipinski definition) is 2. The van der Waals surface area contributed by atoms with Gasteiger partial charge in [-0.1, -0.05) is 19.1 Å². The van der Waals surface area contributed by atoms with Crippen molar-refractivity contribution in [2.24, 2.45) is 0 Å². The normalized spacial score (nSPS) is 13.0. The van der Waals surface area contributed by atoms with E-state index in [4.69, 9.17) is 0 Å². The summed E-state index contributed by atoms with van der Waals surface area (Å²) in [7, 11) is 0. The Bertz CT molecular complexity index is 443. The topological polar surface area (TPSA) is 41.1 Å². The van der Waals surface area contributed by atoms with Crippen molar-refractivity contribution < 1.29 is 18.0 Å². The molecule has 2 N–H and O–H groups in total. The minimum Gasteiger partial charge on any atom is -0.356 e. The van der Waals surface area contributed by atoms with Gasteiger partial charge in [-0.25, -0.2) is 0 Å². The number of carbonyl (C=O) groups excluding carboxylic acids is 1. The Kier molecular flexibility index (Phi) is 6.68. The third-order valence-electron chi connectivity index (χ3n) is 3.11. The van der Waals surface area contributed by atoms with Crippen molar-refractivity contribution >= 4 is 5.91 Å². The molecule has 0 aliphatic carbocycles. The van der Waals surface area contributed by atoms with E-state index in [1.54, 1.807) is 0 Å². The molecule has 0 saturated heterocycles. The lowest BCUT2D eigenvalue weighted by molar-refractivity contribution is -0.137. The Hall–Kier alpha value is -1.56. The second kappa shape index (κ2) is 8.02. The largest absolute Gasteiger partial charge is 0.416 e. The molecule has 3 nitrogen and oxygen atoms in total. The highest BCUT2D eigenvalue weighted by Crippen LogP contribution is 2.29. The predicted octanol–water partition coefficient (Wildman–Crippen LogP) is 3.27. The minimum absolute atomic E-state index is 0.0241. The van der Waals surface area contributed by atoms with Gasteiger partial charge in [0.1, 0.15) is 0 Å². The standard InChI is InChI=1S/C15H21F3N2O/c1-3-9-20-14(21)8-10-19-11(2)12-4-6-13(7-5-12)15(16,17)18/h4-7,11,19H,3,8-10H2,1-2H3,(H,20,21). The van der Waals surface area contributed by atoms with Crippen LogP contribution in [-0.2, 0) is 11.0 Å². The molecule has 0 heterocycles. The fourth-order valence-electron chi connectivity index (χ4n) is 1.83. The van der Waals surface area contributed by atoms with Crippen LogP contribution in [0.5, 0.6) is 0 Å². The van der Waals surface area contributed by atoms with Crippen molar-refractivity contribution in [3.63, 3.8) is 0 Å². The molecule has 0 aromatic heterocycles. The number of rotatable bonds is 7. The van der Waals surface area contributed by atoms with Crippen LogP contribution in [0.25, 0.3) is 0 Å². The molecule has 0 spiro atoms. The van der Waals surface area contributed by atoms with Gasteiger partial charge < -0.3 is 10.6 Å². The monoisotopic (exact) mass is 302 g/mol. The number of hydrogen-bond acceptors (Lipinski definition) is 2. The summed E-state index contributed by atoms with van der Waals surface area (Å²) in [5.74, 6) is -0.0241.